The number of amides is 1. The first-order chi connectivity index (χ1) is 5.13. The van der Waals surface area contributed by atoms with E-state index in [1.165, 1.54) is 0 Å². The molecule has 0 bridgehead atoms. The number of likely N-dealkylation sites (N-methyl/N-ethyl adjacent to an activating group) is 1. The van der Waals surface area contributed by atoms with E-state index in [1.54, 1.807) is 31.0 Å². The molecule has 0 atom stereocenters. The molecule has 0 aromatic carbocycles. The molecular formula is C9H15NO. The predicted octanol–water partition coefficient (Wildman–Crippen LogP) is 1.60. The number of hydrogen-bond acceptors (Lipinski definition) is 1. The average molecular weight is 153 g/mol. The van der Waals surface area contributed by atoms with E-state index in [9.17, 15) is 4.79 Å². The lowest BCUT2D eigenvalue weighted by Gasteiger charge is -2.13. The summed E-state index contributed by atoms with van der Waals surface area (Å²) < 4.78 is 0. The Balaban J connectivity index is 4.24. The SMILES string of the molecule is C=C/C=C(\C)C(=O)N(C)CC. The summed E-state index contributed by atoms with van der Waals surface area (Å²) in [4.78, 5) is 12.9. The number of carbonyl (C=O) groups excluding carboxylic acids is 1. The van der Waals surface area contributed by atoms with Crippen LogP contribution in [0.5, 0.6) is 0 Å². The van der Waals surface area contributed by atoms with Gasteiger partial charge in [0, 0.05) is 19.2 Å². The highest BCUT2D eigenvalue weighted by Crippen LogP contribution is 1.98. The summed E-state index contributed by atoms with van der Waals surface area (Å²) in [6, 6.07) is 0. The molecule has 11 heavy (non-hydrogen) atoms. The lowest BCUT2D eigenvalue weighted by Crippen LogP contribution is -2.26. The molecule has 0 aromatic rings. The Hall–Kier alpha value is -1.05. The first kappa shape index (κ1) is 9.95. The van der Waals surface area contributed by atoms with Crippen LogP contribution in [0.4, 0.5) is 0 Å². The van der Waals surface area contributed by atoms with Crippen LogP contribution in [0.25, 0.3) is 0 Å². The van der Waals surface area contributed by atoms with Gasteiger partial charge in [-0.1, -0.05) is 18.7 Å². The summed E-state index contributed by atoms with van der Waals surface area (Å²) in [7, 11) is 1.78. The quantitative estimate of drug-likeness (QED) is 0.445. The first-order valence-corrected chi connectivity index (χ1v) is 3.68. The largest absolute Gasteiger partial charge is 0.342 e. The lowest BCUT2D eigenvalue weighted by molar-refractivity contribution is -0.125. The van der Waals surface area contributed by atoms with Crippen LogP contribution in [0.2, 0.25) is 0 Å². The minimum atomic E-state index is 0.0624. The van der Waals surface area contributed by atoms with Crippen molar-refractivity contribution in [3.8, 4) is 0 Å². The van der Waals surface area contributed by atoms with Gasteiger partial charge in [-0.25, -0.2) is 0 Å². The smallest absolute Gasteiger partial charge is 0.249 e. The van der Waals surface area contributed by atoms with Crippen molar-refractivity contribution in [1.29, 1.82) is 0 Å². The molecule has 62 valence electrons. The van der Waals surface area contributed by atoms with E-state index in [-0.39, 0.29) is 5.91 Å². The number of nitrogens with zero attached hydrogens (tertiary/aromatic N) is 1. The third-order valence-electron chi connectivity index (χ3n) is 1.53. The standard InChI is InChI=1S/C9H15NO/c1-5-7-8(3)9(11)10(4)6-2/h5,7H,1,6H2,2-4H3/b8-7+. The van der Waals surface area contributed by atoms with Crippen molar-refractivity contribution in [2.45, 2.75) is 13.8 Å². The maximum absolute atomic E-state index is 11.3. The molecule has 0 saturated heterocycles. The molecule has 0 saturated carbocycles. The zero-order valence-electron chi connectivity index (χ0n) is 7.42. The van der Waals surface area contributed by atoms with Gasteiger partial charge in [-0.3, -0.25) is 4.79 Å². The van der Waals surface area contributed by atoms with E-state index in [0.29, 0.717) is 0 Å². The third kappa shape index (κ3) is 3.03. The molecule has 0 heterocycles. The fourth-order valence-electron chi connectivity index (χ4n) is 0.693. The molecule has 0 spiro atoms. The van der Waals surface area contributed by atoms with Crippen molar-refractivity contribution in [2.24, 2.45) is 0 Å². The summed E-state index contributed by atoms with van der Waals surface area (Å²) in [5, 5.41) is 0. The van der Waals surface area contributed by atoms with E-state index in [0.717, 1.165) is 12.1 Å². The van der Waals surface area contributed by atoms with Crippen molar-refractivity contribution in [3.05, 3.63) is 24.3 Å². The van der Waals surface area contributed by atoms with Crippen LogP contribution < -0.4 is 0 Å². The number of allylic oxidation sites excluding steroid dienone is 2. The van der Waals surface area contributed by atoms with Gasteiger partial charge >= 0.3 is 0 Å². The minimum absolute atomic E-state index is 0.0624. The molecule has 0 aliphatic carbocycles. The van der Waals surface area contributed by atoms with Crippen LogP contribution in [-0.2, 0) is 4.79 Å². The Morgan fingerprint density at radius 3 is 2.55 bits per heavy atom. The second-order valence-corrected chi connectivity index (χ2v) is 2.40. The fraction of sp³-hybridized carbons (Fsp3) is 0.444. The van der Waals surface area contributed by atoms with E-state index in [2.05, 4.69) is 6.58 Å². The zero-order valence-corrected chi connectivity index (χ0v) is 7.42. The Morgan fingerprint density at radius 1 is 1.64 bits per heavy atom. The molecule has 0 aliphatic rings. The Labute approximate surface area is 68.2 Å². The molecule has 1 amide bonds. The van der Waals surface area contributed by atoms with Crippen molar-refractivity contribution in [3.63, 3.8) is 0 Å². The predicted molar refractivity (Wildman–Crippen MR) is 47.3 cm³/mol. The Bertz CT molecular complexity index is 182. The molecule has 2 heteroatoms. The Morgan fingerprint density at radius 2 is 2.18 bits per heavy atom. The summed E-state index contributed by atoms with van der Waals surface area (Å²) in [5.41, 5.74) is 0.726. The zero-order chi connectivity index (χ0) is 8.85. The molecule has 0 rings (SSSR count). The van der Waals surface area contributed by atoms with Gasteiger partial charge in [0.15, 0.2) is 0 Å². The van der Waals surface area contributed by atoms with Crippen molar-refractivity contribution in [2.75, 3.05) is 13.6 Å². The molecule has 0 aliphatic heterocycles. The van der Waals surface area contributed by atoms with Crippen molar-refractivity contribution >= 4 is 5.91 Å². The van der Waals surface area contributed by atoms with Crippen LogP contribution >= 0.6 is 0 Å². The maximum Gasteiger partial charge on any atom is 0.249 e. The highest BCUT2D eigenvalue weighted by molar-refractivity contribution is 5.92. The monoisotopic (exact) mass is 153 g/mol. The van der Waals surface area contributed by atoms with Crippen LogP contribution in [0.15, 0.2) is 24.3 Å². The lowest BCUT2D eigenvalue weighted by atomic mass is 10.2. The third-order valence-corrected chi connectivity index (χ3v) is 1.53. The molecule has 0 unspecified atom stereocenters. The average Bonchev–Trinajstić information content (AvgIpc) is 2.02. The molecule has 0 aromatic heterocycles. The van der Waals surface area contributed by atoms with E-state index < -0.39 is 0 Å². The maximum atomic E-state index is 11.3. The summed E-state index contributed by atoms with van der Waals surface area (Å²) in [6.07, 6.45) is 3.34. The van der Waals surface area contributed by atoms with Gasteiger partial charge in [0.25, 0.3) is 0 Å². The van der Waals surface area contributed by atoms with Crippen molar-refractivity contribution in [1.82, 2.24) is 4.90 Å². The van der Waals surface area contributed by atoms with Gasteiger partial charge < -0.3 is 4.90 Å². The van der Waals surface area contributed by atoms with Crippen LogP contribution in [0, 0.1) is 0 Å². The van der Waals surface area contributed by atoms with Gasteiger partial charge in [-0.05, 0) is 13.8 Å². The van der Waals surface area contributed by atoms with Crippen LogP contribution in [0.3, 0.4) is 0 Å². The van der Waals surface area contributed by atoms with Gasteiger partial charge in [0.1, 0.15) is 0 Å². The van der Waals surface area contributed by atoms with Gasteiger partial charge in [0.2, 0.25) is 5.91 Å². The van der Waals surface area contributed by atoms with E-state index in [1.807, 2.05) is 6.92 Å². The molecular weight excluding hydrogens is 138 g/mol. The summed E-state index contributed by atoms with van der Waals surface area (Å²) in [5.74, 6) is 0.0624. The highest BCUT2D eigenvalue weighted by Gasteiger charge is 2.06. The second-order valence-electron chi connectivity index (χ2n) is 2.40. The molecule has 2 nitrogen and oxygen atoms in total. The minimum Gasteiger partial charge on any atom is -0.342 e. The van der Waals surface area contributed by atoms with Gasteiger partial charge in [0.05, 0.1) is 0 Å². The summed E-state index contributed by atoms with van der Waals surface area (Å²) in [6.45, 7) is 7.99. The van der Waals surface area contributed by atoms with Crippen LogP contribution in [-0.4, -0.2) is 24.4 Å². The van der Waals surface area contributed by atoms with Crippen molar-refractivity contribution < 1.29 is 4.79 Å². The molecule has 0 radical (unpaired) electrons. The van der Waals surface area contributed by atoms with Gasteiger partial charge in [-0.15, -0.1) is 0 Å². The highest BCUT2D eigenvalue weighted by atomic mass is 16.2. The van der Waals surface area contributed by atoms with E-state index >= 15 is 0 Å². The van der Waals surface area contributed by atoms with E-state index in [4.69, 9.17) is 0 Å². The number of hydrogen-bond donors (Lipinski definition) is 0. The first-order valence-electron chi connectivity index (χ1n) is 3.68. The second kappa shape index (κ2) is 4.72. The van der Waals surface area contributed by atoms with Gasteiger partial charge in [-0.2, -0.15) is 0 Å². The summed E-state index contributed by atoms with van der Waals surface area (Å²) >= 11 is 0. The number of rotatable bonds is 3. The Kier molecular flexibility index (Phi) is 4.27. The molecule has 0 fully saturated rings. The topological polar surface area (TPSA) is 20.3 Å². The normalized spacial score (nSPS) is 11.0. The van der Waals surface area contributed by atoms with Crippen LogP contribution in [0.1, 0.15) is 13.8 Å². The number of carbonyl (C=O) groups is 1. The molecule has 0 N–H and O–H groups in total. The fourth-order valence-corrected chi connectivity index (χ4v) is 0.693.